The van der Waals surface area contributed by atoms with Gasteiger partial charge in [-0.1, -0.05) is 18.2 Å². The zero-order valence-electron chi connectivity index (χ0n) is 13.3. The number of halogens is 3. The normalized spacial score (nSPS) is 21.5. The number of benzene rings is 1. The molecular formula is C17H21F3N2O2. The van der Waals surface area contributed by atoms with Gasteiger partial charge in [0.25, 0.3) is 0 Å². The van der Waals surface area contributed by atoms with Crippen molar-refractivity contribution in [2.24, 2.45) is 0 Å². The number of nitrogens with zero attached hydrogens (tertiary/aromatic N) is 1. The van der Waals surface area contributed by atoms with Crippen LogP contribution < -0.4 is 5.32 Å². The van der Waals surface area contributed by atoms with Gasteiger partial charge in [-0.25, -0.2) is 0 Å². The maximum atomic E-state index is 13.2. The van der Waals surface area contributed by atoms with Gasteiger partial charge in [0.05, 0.1) is 18.8 Å². The molecule has 1 unspecified atom stereocenters. The van der Waals surface area contributed by atoms with Crippen LogP contribution in [-0.2, 0) is 22.3 Å². The summed E-state index contributed by atoms with van der Waals surface area (Å²) in [5.74, 6) is -0.113. The molecule has 1 N–H and O–H groups in total. The van der Waals surface area contributed by atoms with Gasteiger partial charge >= 0.3 is 6.18 Å². The smallest absolute Gasteiger partial charge is 0.378 e. The summed E-state index contributed by atoms with van der Waals surface area (Å²) in [6.07, 6.45) is -2.44. The van der Waals surface area contributed by atoms with E-state index in [1.165, 1.54) is 12.1 Å². The quantitative estimate of drug-likeness (QED) is 0.894. The molecule has 1 aromatic rings. The van der Waals surface area contributed by atoms with E-state index >= 15 is 0 Å². The highest BCUT2D eigenvalue weighted by Crippen LogP contribution is 2.35. The van der Waals surface area contributed by atoms with E-state index in [1.54, 1.807) is 11.0 Å². The van der Waals surface area contributed by atoms with Gasteiger partial charge in [-0.3, -0.25) is 4.79 Å². The molecule has 0 radical (unpaired) electrons. The third kappa shape index (κ3) is 4.27. The van der Waals surface area contributed by atoms with Crippen LogP contribution in [0.2, 0.25) is 0 Å². The molecule has 0 aromatic heterocycles. The monoisotopic (exact) mass is 342 g/mol. The van der Waals surface area contributed by atoms with Crippen LogP contribution in [0.15, 0.2) is 24.3 Å². The lowest BCUT2D eigenvalue weighted by Gasteiger charge is -2.28. The maximum Gasteiger partial charge on any atom is 0.416 e. The molecule has 1 aromatic carbocycles. The zero-order chi connectivity index (χ0) is 17.2. The van der Waals surface area contributed by atoms with Crippen molar-refractivity contribution in [2.45, 2.75) is 44.1 Å². The van der Waals surface area contributed by atoms with Crippen molar-refractivity contribution < 1.29 is 22.7 Å². The summed E-state index contributed by atoms with van der Waals surface area (Å²) in [6.45, 7) is 1.78. The summed E-state index contributed by atoms with van der Waals surface area (Å²) in [5, 5.41) is 3.21. The topological polar surface area (TPSA) is 41.6 Å². The van der Waals surface area contributed by atoms with Crippen molar-refractivity contribution >= 4 is 5.91 Å². The Bertz CT molecular complexity index is 581. The molecule has 0 bridgehead atoms. The van der Waals surface area contributed by atoms with Crippen LogP contribution in [0.1, 0.15) is 30.4 Å². The van der Waals surface area contributed by atoms with Crippen molar-refractivity contribution in [1.82, 2.24) is 10.2 Å². The summed E-state index contributed by atoms with van der Waals surface area (Å²) in [4.78, 5) is 14.2. The van der Waals surface area contributed by atoms with Crippen LogP contribution in [0.3, 0.4) is 0 Å². The number of rotatable bonds is 5. The van der Waals surface area contributed by atoms with Gasteiger partial charge in [0.1, 0.15) is 0 Å². The summed E-state index contributed by atoms with van der Waals surface area (Å²) >= 11 is 0. The number of carbonyl (C=O) groups excluding carboxylic acids is 1. The number of nitrogens with one attached hydrogen (secondary N) is 1. The minimum atomic E-state index is -4.41. The lowest BCUT2D eigenvalue weighted by atomic mass is 10.1. The van der Waals surface area contributed by atoms with Crippen LogP contribution in [0.25, 0.3) is 0 Å². The van der Waals surface area contributed by atoms with Crippen molar-refractivity contribution in [2.75, 3.05) is 19.8 Å². The third-order valence-electron chi connectivity index (χ3n) is 4.39. The minimum Gasteiger partial charge on any atom is -0.378 e. The predicted octanol–water partition coefficient (Wildman–Crippen LogP) is 2.57. The van der Waals surface area contributed by atoms with Gasteiger partial charge in [0.15, 0.2) is 0 Å². The second kappa shape index (κ2) is 7.11. The Morgan fingerprint density at radius 3 is 2.67 bits per heavy atom. The molecule has 2 aliphatic rings. The first kappa shape index (κ1) is 17.2. The molecule has 1 amide bonds. The third-order valence-corrected chi connectivity index (χ3v) is 4.39. The van der Waals surface area contributed by atoms with E-state index < -0.39 is 11.7 Å². The molecule has 3 rings (SSSR count). The van der Waals surface area contributed by atoms with Crippen molar-refractivity contribution in [3.63, 3.8) is 0 Å². The molecule has 1 heterocycles. The Balaban J connectivity index is 1.72. The Kier molecular flexibility index (Phi) is 5.10. The van der Waals surface area contributed by atoms with E-state index in [2.05, 4.69) is 5.32 Å². The van der Waals surface area contributed by atoms with E-state index in [0.717, 1.165) is 18.9 Å². The van der Waals surface area contributed by atoms with Crippen LogP contribution in [0.4, 0.5) is 13.2 Å². The van der Waals surface area contributed by atoms with E-state index in [9.17, 15) is 18.0 Å². The van der Waals surface area contributed by atoms with Crippen molar-refractivity contribution in [3.05, 3.63) is 35.4 Å². The maximum absolute atomic E-state index is 13.2. The fourth-order valence-corrected chi connectivity index (χ4v) is 3.00. The van der Waals surface area contributed by atoms with Gasteiger partial charge in [-0.05, 0) is 24.5 Å². The molecule has 2 fully saturated rings. The lowest BCUT2D eigenvalue weighted by Crippen LogP contribution is -2.45. The minimum absolute atomic E-state index is 0.00671. The number of ether oxygens (including phenoxy) is 1. The number of morpholine rings is 1. The van der Waals surface area contributed by atoms with E-state index in [1.807, 2.05) is 0 Å². The van der Waals surface area contributed by atoms with Gasteiger partial charge < -0.3 is 15.0 Å². The summed E-state index contributed by atoms with van der Waals surface area (Å²) in [7, 11) is 0. The fourth-order valence-electron chi connectivity index (χ4n) is 3.00. The molecule has 0 spiro atoms. The Morgan fingerprint density at radius 2 is 2.04 bits per heavy atom. The first-order valence-electron chi connectivity index (χ1n) is 8.21. The second-order valence-electron chi connectivity index (χ2n) is 6.34. The molecule has 1 saturated heterocycles. The van der Waals surface area contributed by atoms with Crippen LogP contribution in [-0.4, -0.2) is 42.6 Å². The molecule has 7 heteroatoms. The predicted molar refractivity (Wildman–Crippen MR) is 82.2 cm³/mol. The molecular weight excluding hydrogens is 321 g/mol. The summed E-state index contributed by atoms with van der Waals surface area (Å²) < 4.78 is 44.8. The average Bonchev–Trinajstić information content (AvgIpc) is 3.37. The standard InChI is InChI=1S/C17H21F3N2O2/c18-17(19,20)15-4-2-1-3-12(15)10-22(14-5-6-14)16(23)9-13-11-24-8-7-21-13/h1-4,13-14,21H,5-11H2. The Hall–Kier alpha value is -1.60. The zero-order valence-corrected chi connectivity index (χ0v) is 13.3. The lowest BCUT2D eigenvalue weighted by molar-refractivity contribution is -0.140. The van der Waals surface area contributed by atoms with E-state index in [-0.39, 0.29) is 36.5 Å². The van der Waals surface area contributed by atoms with Crippen molar-refractivity contribution in [1.29, 1.82) is 0 Å². The van der Waals surface area contributed by atoms with E-state index in [0.29, 0.717) is 19.8 Å². The Morgan fingerprint density at radius 1 is 1.29 bits per heavy atom. The molecule has 132 valence electrons. The van der Waals surface area contributed by atoms with Crippen LogP contribution in [0, 0.1) is 0 Å². The van der Waals surface area contributed by atoms with Gasteiger partial charge in [0, 0.05) is 31.6 Å². The largest absolute Gasteiger partial charge is 0.416 e. The number of hydrogen-bond acceptors (Lipinski definition) is 3. The van der Waals surface area contributed by atoms with E-state index in [4.69, 9.17) is 4.74 Å². The summed E-state index contributed by atoms with van der Waals surface area (Å²) in [6, 6.07) is 5.47. The molecule has 1 aliphatic carbocycles. The second-order valence-corrected chi connectivity index (χ2v) is 6.34. The highest BCUT2D eigenvalue weighted by molar-refractivity contribution is 5.77. The first-order valence-corrected chi connectivity index (χ1v) is 8.21. The SMILES string of the molecule is O=C(CC1COCCN1)N(Cc1ccccc1C(F)(F)F)C1CC1. The average molecular weight is 342 g/mol. The van der Waals surface area contributed by atoms with Gasteiger partial charge in [-0.2, -0.15) is 13.2 Å². The summed E-state index contributed by atoms with van der Waals surface area (Å²) in [5.41, 5.74) is -0.513. The number of carbonyl (C=O) groups is 1. The highest BCUT2D eigenvalue weighted by Gasteiger charge is 2.37. The van der Waals surface area contributed by atoms with Crippen LogP contribution >= 0.6 is 0 Å². The fraction of sp³-hybridized carbons (Fsp3) is 0.588. The molecule has 1 aliphatic heterocycles. The highest BCUT2D eigenvalue weighted by atomic mass is 19.4. The van der Waals surface area contributed by atoms with Crippen LogP contribution in [0.5, 0.6) is 0 Å². The number of hydrogen-bond donors (Lipinski definition) is 1. The number of alkyl halides is 3. The number of amides is 1. The molecule has 1 atom stereocenters. The molecule has 1 saturated carbocycles. The van der Waals surface area contributed by atoms with Gasteiger partial charge in [-0.15, -0.1) is 0 Å². The van der Waals surface area contributed by atoms with Crippen molar-refractivity contribution in [3.8, 4) is 0 Å². The Labute approximate surface area is 139 Å². The molecule has 4 nitrogen and oxygen atoms in total. The molecule has 24 heavy (non-hydrogen) atoms. The first-order chi connectivity index (χ1) is 11.4. The van der Waals surface area contributed by atoms with Gasteiger partial charge in [0.2, 0.25) is 5.91 Å².